The number of amides is 1. The van der Waals surface area contributed by atoms with Crippen LogP contribution in [0.25, 0.3) is 5.69 Å². The van der Waals surface area contributed by atoms with Gasteiger partial charge in [-0.15, -0.1) is 0 Å². The molecular weight excluding hydrogens is 486 g/mol. The molecule has 188 valence electrons. The number of thiocarbonyl (C=S) groups is 1. The lowest BCUT2D eigenvalue weighted by Gasteiger charge is -2.29. The topological polar surface area (TPSA) is 80.7 Å². The van der Waals surface area contributed by atoms with E-state index < -0.39 is 0 Å². The monoisotopic (exact) mass is 513 g/mol. The van der Waals surface area contributed by atoms with E-state index in [0.717, 1.165) is 28.5 Å². The van der Waals surface area contributed by atoms with Crippen LogP contribution in [0.1, 0.15) is 23.5 Å². The third-order valence-electron chi connectivity index (χ3n) is 6.24. The molecule has 4 aromatic rings. The minimum absolute atomic E-state index is 0.00192. The van der Waals surface area contributed by atoms with Gasteiger partial charge in [0.2, 0.25) is 5.91 Å². The zero-order valence-corrected chi connectivity index (χ0v) is 21.3. The van der Waals surface area contributed by atoms with Crippen LogP contribution in [-0.4, -0.2) is 41.4 Å². The van der Waals surface area contributed by atoms with Crippen LogP contribution in [0.3, 0.4) is 0 Å². The first-order valence-corrected chi connectivity index (χ1v) is 12.2. The third kappa shape index (κ3) is 5.04. The molecule has 37 heavy (non-hydrogen) atoms. The Bertz CT molecular complexity index is 1370. The summed E-state index contributed by atoms with van der Waals surface area (Å²) < 4.78 is 12.4. The molecule has 9 heteroatoms. The van der Waals surface area contributed by atoms with Gasteiger partial charge in [0.1, 0.15) is 18.4 Å². The molecule has 1 fully saturated rings. The molecule has 2 aromatic heterocycles. The summed E-state index contributed by atoms with van der Waals surface area (Å²) in [4.78, 5) is 18.7. The standard InChI is InChI=1S/C28H27N5O3S/c1-35-18-25(34)30-19-8-10-21(11-9-19)33-27(26(31-28(33)37)23-6-3-4-16-29-23)24-7-5-17-32(24)20-12-14-22(36-2)15-13-20/h3-17,26-27H,18H2,1-2H3,(H,30,34)(H,31,37)/t26-,27-/m0/s1. The number of carbonyl (C=O) groups is 1. The summed E-state index contributed by atoms with van der Waals surface area (Å²) in [6.45, 7) is -0.00192. The number of methoxy groups -OCH3 is 2. The zero-order chi connectivity index (χ0) is 25.8. The van der Waals surface area contributed by atoms with Crippen LogP contribution in [0.2, 0.25) is 0 Å². The SMILES string of the molecule is COCC(=O)Nc1ccc(N2C(=S)N[C@@H](c3ccccn3)[C@@H]2c2cccn2-c2ccc(OC)cc2)cc1. The zero-order valence-electron chi connectivity index (χ0n) is 20.5. The molecule has 0 unspecified atom stereocenters. The molecule has 3 heterocycles. The molecule has 1 aliphatic heterocycles. The Morgan fingerprint density at radius 3 is 2.43 bits per heavy atom. The minimum atomic E-state index is -0.209. The van der Waals surface area contributed by atoms with Gasteiger partial charge in [-0.1, -0.05) is 6.07 Å². The van der Waals surface area contributed by atoms with Crippen LogP contribution in [0.5, 0.6) is 5.75 Å². The van der Waals surface area contributed by atoms with Gasteiger partial charge in [0.15, 0.2) is 5.11 Å². The molecule has 1 amide bonds. The number of carbonyl (C=O) groups excluding carboxylic acids is 1. The van der Waals surface area contributed by atoms with E-state index in [0.29, 0.717) is 10.8 Å². The summed E-state index contributed by atoms with van der Waals surface area (Å²) in [5.74, 6) is 0.589. The van der Waals surface area contributed by atoms with Crippen LogP contribution in [-0.2, 0) is 9.53 Å². The average molecular weight is 514 g/mol. The number of benzene rings is 2. The predicted molar refractivity (Wildman–Crippen MR) is 147 cm³/mol. The number of anilines is 2. The van der Waals surface area contributed by atoms with Gasteiger partial charge < -0.3 is 29.6 Å². The van der Waals surface area contributed by atoms with Crippen molar-refractivity contribution in [2.24, 2.45) is 0 Å². The number of nitrogens with zero attached hydrogens (tertiary/aromatic N) is 3. The number of hydrogen-bond donors (Lipinski definition) is 2. The van der Waals surface area contributed by atoms with Crippen molar-refractivity contribution in [3.63, 3.8) is 0 Å². The lowest BCUT2D eigenvalue weighted by molar-refractivity contribution is -0.119. The Labute approximate surface area is 220 Å². The summed E-state index contributed by atoms with van der Waals surface area (Å²) in [6, 6.07) is 25.2. The summed E-state index contributed by atoms with van der Waals surface area (Å²) in [5, 5.41) is 6.92. The van der Waals surface area contributed by atoms with Gasteiger partial charge in [0.25, 0.3) is 0 Å². The molecule has 0 radical (unpaired) electrons. The van der Waals surface area contributed by atoms with E-state index in [1.54, 1.807) is 13.3 Å². The fourth-order valence-corrected chi connectivity index (χ4v) is 4.93. The fraction of sp³-hybridized carbons (Fsp3) is 0.179. The summed E-state index contributed by atoms with van der Waals surface area (Å²) in [6.07, 6.45) is 3.83. The Morgan fingerprint density at radius 1 is 1.00 bits per heavy atom. The van der Waals surface area contributed by atoms with E-state index in [-0.39, 0.29) is 24.6 Å². The second-order valence-electron chi connectivity index (χ2n) is 8.53. The lowest BCUT2D eigenvalue weighted by atomic mass is 10.0. The van der Waals surface area contributed by atoms with Crippen molar-refractivity contribution in [1.82, 2.24) is 14.9 Å². The number of pyridine rings is 1. The number of ether oxygens (including phenoxy) is 2. The van der Waals surface area contributed by atoms with Crippen molar-refractivity contribution in [3.8, 4) is 11.4 Å². The van der Waals surface area contributed by atoms with Crippen LogP contribution < -0.4 is 20.3 Å². The Balaban J connectivity index is 1.55. The maximum atomic E-state index is 11.9. The van der Waals surface area contributed by atoms with Gasteiger partial charge >= 0.3 is 0 Å². The molecular formula is C28H27N5O3S. The molecule has 8 nitrogen and oxygen atoms in total. The largest absolute Gasteiger partial charge is 0.497 e. The Kier molecular flexibility index (Phi) is 7.16. The molecule has 2 atom stereocenters. The van der Waals surface area contributed by atoms with Crippen molar-refractivity contribution < 1.29 is 14.3 Å². The Hall–Kier alpha value is -4.21. The number of hydrogen-bond acceptors (Lipinski definition) is 5. The van der Waals surface area contributed by atoms with Crippen molar-refractivity contribution >= 4 is 34.6 Å². The maximum absolute atomic E-state index is 11.9. The maximum Gasteiger partial charge on any atom is 0.250 e. The highest BCUT2D eigenvalue weighted by Crippen LogP contribution is 2.42. The highest BCUT2D eigenvalue weighted by Gasteiger charge is 2.42. The molecule has 1 aliphatic rings. The van der Waals surface area contributed by atoms with E-state index in [1.807, 2.05) is 79.0 Å². The Morgan fingerprint density at radius 2 is 1.76 bits per heavy atom. The second-order valence-corrected chi connectivity index (χ2v) is 8.91. The number of rotatable bonds is 8. The predicted octanol–water partition coefficient (Wildman–Crippen LogP) is 4.64. The smallest absolute Gasteiger partial charge is 0.250 e. The van der Waals surface area contributed by atoms with Gasteiger partial charge in [-0.3, -0.25) is 9.78 Å². The summed E-state index contributed by atoms with van der Waals surface area (Å²) in [5.41, 5.74) is 4.53. The van der Waals surface area contributed by atoms with Crippen LogP contribution in [0.15, 0.2) is 91.3 Å². The second kappa shape index (κ2) is 10.8. The molecule has 0 bridgehead atoms. The van der Waals surface area contributed by atoms with E-state index in [2.05, 4.69) is 31.2 Å². The van der Waals surface area contributed by atoms with Crippen molar-refractivity contribution in [3.05, 3.63) is 103 Å². The third-order valence-corrected chi connectivity index (χ3v) is 6.55. The number of aromatic nitrogens is 2. The molecule has 2 aromatic carbocycles. The van der Waals surface area contributed by atoms with Gasteiger partial charge in [0.05, 0.1) is 18.8 Å². The van der Waals surface area contributed by atoms with Crippen molar-refractivity contribution in [2.45, 2.75) is 12.1 Å². The van der Waals surface area contributed by atoms with Crippen LogP contribution >= 0.6 is 12.2 Å². The van der Waals surface area contributed by atoms with Crippen LogP contribution in [0, 0.1) is 0 Å². The highest BCUT2D eigenvalue weighted by molar-refractivity contribution is 7.80. The normalized spacial score (nSPS) is 16.9. The van der Waals surface area contributed by atoms with Crippen molar-refractivity contribution in [2.75, 3.05) is 31.0 Å². The molecule has 0 spiro atoms. The molecule has 1 saturated heterocycles. The van der Waals surface area contributed by atoms with Gasteiger partial charge in [-0.2, -0.15) is 0 Å². The first-order valence-electron chi connectivity index (χ1n) is 11.8. The van der Waals surface area contributed by atoms with Crippen molar-refractivity contribution in [1.29, 1.82) is 0 Å². The number of nitrogens with one attached hydrogen (secondary N) is 2. The minimum Gasteiger partial charge on any atom is -0.497 e. The van der Waals surface area contributed by atoms with Gasteiger partial charge in [-0.05, 0) is 85.0 Å². The first-order chi connectivity index (χ1) is 18.1. The summed E-state index contributed by atoms with van der Waals surface area (Å²) >= 11 is 5.86. The quantitative estimate of drug-likeness (QED) is 0.332. The van der Waals surface area contributed by atoms with E-state index >= 15 is 0 Å². The molecule has 0 saturated carbocycles. The van der Waals surface area contributed by atoms with Gasteiger partial charge in [-0.25, -0.2) is 0 Å². The molecule has 2 N–H and O–H groups in total. The lowest BCUT2D eigenvalue weighted by Crippen LogP contribution is -2.30. The fourth-order valence-electron chi connectivity index (χ4n) is 4.58. The van der Waals surface area contributed by atoms with E-state index in [1.165, 1.54) is 7.11 Å². The summed E-state index contributed by atoms with van der Waals surface area (Å²) in [7, 11) is 3.15. The van der Waals surface area contributed by atoms with Gasteiger partial charge in [0, 0.05) is 42.3 Å². The average Bonchev–Trinajstić information content (AvgIpc) is 3.54. The highest BCUT2D eigenvalue weighted by atomic mass is 32.1. The van der Waals surface area contributed by atoms with E-state index in [9.17, 15) is 4.79 Å². The molecule has 0 aliphatic carbocycles. The van der Waals surface area contributed by atoms with E-state index in [4.69, 9.17) is 21.7 Å². The first kappa shape index (κ1) is 24.5. The van der Waals surface area contributed by atoms with Crippen LogP contribution in [0.4, 0.5) is 11.4 Å². The molecule has 5 rings (SSSR count).